The highest BCUT2D eigenvalue weighted by atomic mass is 16.5. The van der Waals surface area contributed by atoms with Gasteiger partial charge in [-0.3, -0.25) is 4.79 Å². The topological polar surface area (TPSA) is 52.3 Å². The minimum absolute atomic E-state index is 0.0476. The summed E-state index contributed by atoms with van der Waals surface area (Å²) in [5, 5.41) is 2.45. The minimum Gasteiger partial charge on any atom is -0.465 e. The summed E-state index contributed by atoms with van der Waals surface area (Å²) in [7, 11) is 0. The minimum atomic E-state index is -0.387. The fraction of sp³-hybridized carbons (Fsp3) is 0.389. The van der Waals surface area contributed by atoms with Gasteiger partial charge in [0.25, 0.3) is 0 Å². The van der Waals surface area contributed by atoms with Crippen molar-refractivity contribution < 1.29 is 9.53 Å². The monoisotopic (exact) mass is 281 g/mol. The number of hydrogen-bond donors (Lipinski definition) is 1. The summed E-state index contributed by atoms with van der Waals surface area (Å²) >= 11 is 0. The maximum atomic E-state index is 12.3. The fourth-order valence-electron chi connectivity index (χ4n) is 4.11. The molecule has 0 aromatic heterocycles. The molecule has 0 unspecified atom stereocenters. The van der Waals surface area contributed by atoms with E-state index in [1.54, 1.807) is 0 Å². The summed E-state index contributed by atoms with van der Waals surface area (Å²) in [5.74, 6) is 0.236. The van der Waals surface area contributed by atoms with Gasteiger partial charge in [0.2, 0.25) is 0 Å². The van der Waals surface area contributed by atoms with E-state index in [2.05, 4.69) is 30.3 Å². The van der Waals surface area contributed by atoms with Crippen molar-refractivity contribution in [2.45, 2.75) is 25.3 Å². The average Bonchev–Trinajstić information content (AvgIpc) is 2.94. The van der Waals surface area contributed by atoms with Crippen molar-refractivity contribution >= 4 is 16.7 Å². The van der Waals surface area contributed by atoms with E-state index in [-0.39, 0.29) is 23.3 Å². The smallest absolute Gasteiger partial charge is 0.312 e. The molecule has 4 rings (SSSR count). The Kier molecular flexibility index (Phi) is 2.79. The van der Waals surface area contributed by atoms with Crippen LogP contribution in [-0.2, 0) is 16.0 Å². The van der Waals surface area contributed by atoms with E-state index in [0.717, 1.165) is 19.3 Å². The van der Waals surface area contributed by atoms with Gasteiger partial charge in [-0.05, 0) is 35.6 Å². The first-order valence-electron chi connectivity index (χ1n) is 7.58. The van der Waals surface area contributed by atoms with Crippen LogP contribution < -0.4 is 5.73 Å². The van der Waals surface area contributed by atoms with Gasteiger partial charge in [-0.1, -0.05) is 42.5 Å². The van der Waals surface area contributed by atoms with Gasteiger partial charge in [0, 0.05) is 12.0 Å². The van der Waals surface area contributed by atoms with Crippen LogP contribution in [0.15, 0.2) is 42.5 Å². The summed E-state index contributed by atoms with van der Waals surface area (Å²) in [6, 6.07) is 14.9. The van der Waals surface area contributed by atoms with Crippen molar-refractivity contribution in [2.75, 3.05) is 6.61 Å². The predicted molar refractivity (Wildman–Crippen MR) is 81.7 cm³/mol. The largest absolute Gasteiger partial charge is 0.465 e. The molecular formula is C18H19NO2. The lowest BCUT2D eigenvalue weighted by molar-refractivity contribution is -0.146. The molecule has 1 saturated carbocycles. The van der Waals surface area contributed by atoms with Crippen LogP contribution in [0.4, 0.5) is 0 Å². The normalized spacial score (nSPS) is 31.4. The Balaban J connectivity index is 1.71. The molecule has 2 N–H and O–H groups in total. The van der Waals surface area contributed by atoms with Gasteiger partial charge in [-0.15, -0.1) is 0 Å². The Morgan fingerprint density at radius 3 is 2.86 bits per heavy atom. The molecule has 3 nitrogen and oxygen atoms in total. The van der Waals surface area contributed by atoms with E-state index >= 15 is 0 Å². The maximum Gasteiger partial charge on any atom is 0.312 e. The van der Waals surface area contributed by atoms with Crippen molar-refractivity contribution in [3.8, 4) is 0 Å². The van der Waals surface area contributed by atoms with Crippen LogP contribution in [0.5, 0.6) is 0 Å². The number of hydrogen-bond acceptors (Lipinski definition) is 3. The molecule has 108 valence electrons. The van der Waals surface area contributed by atoms with Crippen molar-refractivity contribution in [1.82, 2.24) is 0 Å². The standard InChI is InChI=1S/C18H19NO2/c19-16-8-15-11-21-17(20)18(15,10-16)9-12-5-6-13-3-1-2-4-14(13)7-12/h1-7,15-16H,8-11,19H2/t15-,16+,18+/m1/s1. The van der Waals surface area contributed by atoms with Gasteiger partial charge in [-0.2, -0.15) is 0 Å². The van der Waals surface area contributed by atoms with Gasteiger partial charge in [0.05, 0.1) is 12.0 Å². The molecule has 1 heterocycles. The van der Waals surface area contributed by atoms with Gasteiger partial charge in [0.15, 0.2) is 0 Å². The zero-order valence-electron chi connectivity index (χ0n) is 11.9. The van der Waals surface area contributed by atoms with Gasteiger partial charge in [-0.25, -0.2) is 0 Å². The second kappa shape index (κ2) is 4.57. The van der Waals surface area contributed by atoms with Crippen LogP contribution in [0.2, 0.25) is 0 Å². The van der Waals surface area contributed by atoms with E-state index in [1.165, 1.54) is 16.3 Å². The summed E-state index contributed by atoms with van der Waals surface area (Å²) in [5.41, 5.74) is 6.92. The molecular weight excluding hydrogens is 262 g/mol. The van der Waals surface area contributed by atoms with Crippen molar-refractivity contribution in [3.63, 3.8) is 0 Å². The molecule has 1 aliphatic carbocycles. The Bertz CT molecular complexity index is 711. The van der Waals surface area contributed by atoms with Gasteiger partial charge < -0.3 is 10.5 Å². The van der Waals surface area contributed by atoms with Crippen LogP contribution >= 0.6 is 0 Å². The number of ether oxygens (including phenoxy) is 1. The molecule has 0 spiro atoms. The number of nitrogens with two attached hydrogens (primary N) is 1. The molecule has 3 atom stereocenters. The van der Waals surface area contributed by atoms with Gasteiger partial charge in [0.1, 0.15) is 0 Å². The molecule has 2 aliphatic rings. The third-order valence-electron chi connectivity index (χ3n) is 5.15. The van der Waals surface area contributed by atoms with Crippen LogP contribution in [-0.4, -0.2) is 18.6 Å². The molecule has 2 aromatic carbocycles. The summed E-state index contributed by atoms with van der Waals surface area (Å²) < 4.78 is 5.34. The first kappa shape index (κ1) is 12.8. The number of rotatable bonds is 2. The average molecular weight is 281 g/mol. The summed E-state index contributed by atoms with van der Waals surface area (Å²) in [6.45, 7) is 0.542. The molecule has 0 radical (unpaired) electrons. The fourth-order valence-corrected chi connectivity index (χ4v) is 4.11. The zero-order valence-corrected chi connectivity index (χ0v) is 11.9. The van der Waals surface area contributed by atoms with E-state index in [9.17, 15) is 4.79 Å². The number of benzene rings is 2. The molecule has 1 aliphatic heterocycles. The number of carbonyl (C=O) groups is 1. The summed E-state index contributed by atoms with van der Waals surface area (Å²) in [4.78, 5) is 12.3. The first-order chi connectivity index (χ1) is 10.2. The quantitative estimate of drug-likeness (QED) is 0.861. The highest BCUT2D eigenvalue weighted by molar-refractivity contribution is 5.84. The first-order valence-corrected chi connectivity index (χ1v) is 7.58. The number of carbonyl (C=O) groups excluding carboxylic acids is 1. The van der Waals surface area contributed by atoms with Crippen molar-refractivity contribution in [2.24, 2.45) is 17.1 Å². The third-order valence-corrected chi connectivity index (χ3v) is 5.15. The SMILES string of the molecule is N[C@H]1C[C@@H]2COC(=O)[C@@]2(Cc2ccc3ccccc3c2)C1. The number of cyclic esters (lactones) is 1. The second-order valence-corrected chi connectivity index (χ2v) is 6.51. The lowest BCUT2D eigenvalue weighted by Gasteiger charge is -2.24. The van der Waals surface area contributed by atoms with Crippen LogP contribution in [0.1, 0.15) is 18.4 Å². The van der Waals surface area contributed by atoms with Crippen LogP contribution in [0.25, 0.3) is 10.8 Å². The molecule has 3 heteroatoms. The second-order valence-electron chi connectivity index (χ2n) is 6.51. The van der Waals surface area contributed by atoms with E-state index < -0.39 is 0 Å². The Labute approximate surface area is 124 Å². The lowest BCUT2D eigenvalue weighted by atomic mass is 9.75. The highest BCUT2D eigenvalue weighted by Crippen LogP contribution is 2.50. The Morgan fingerprint density at radius 2 is 2.00 bits per heavy atom. The molecule has 2 aromatic rings. The molecule has 0 amide bonds. The molecule has 21 heavy (non-hydrogen) atoms. The molecule has 2 fully saturated rings. The van der Waals surface area contributed by atoms with Crippen molar-refractivity contribution in [1.29, 1.82) is 0 Å². The van der Waals surface area contributed by atoms with Crippen LogP contribution in [0.3, 0.4) is 0 Å². The van der Waals surface area contributed by atoms with Crippen molar-refractivity contribution in [3.05, 3.63) is 48.0 Å². The third kappa shape index (κ3) is 1.95. The van der Waals surface area contributed by atoms with Crippen LogP contribution in [0, 0.1) is 11.3 Å². The number of fused-ring (bicyclic) bond motifs is 2. The lowest BCUT2D eigenvalue weighted by Crippen LogP contribution is -2.32. The summed E-state index contributed by atoms with van der Waals surface area (Å²) in [6.07, 6.45) is 2.40. The molecule has 1 saturated heterocycles. The molecule has 0 bridgehead atoms. The zero-order chi connectivity index (χ0) is 14.4. The number of esters is 1. The highest BCUT2D eigenvalue weighted by Gasteiger charge is 2.57. The van der Waals surface area contributed by atoms with E-state index in [4.69, 9.17) is 10.5 Å². The van der Waals surface area contributed by atoms with E-state index in [1.807, 2.05) is 12.1 Å². The predicted octanol–water partition coefficient (Wildman–Crippen LogP) is 2.66. The van der Waals surface area contributed by atoms with E-state index in [0.29, 0.717) is 6.61 Å². The maximum absolute atomic E-state index is 12.3. The Morgan fingerprint density at radius 1 is 1.19 bits per heavy atom. The van der Waals surface area contributed by atoms with Gasteiger partial charge >= 0.3 is 5.97 Å². The Hall–Kier alpha value is -1.87.